The fourth-order valence-corrected chi connectivity index (χ4v) is 3.90. The number of methoxy groups -OCH3 is 1. The molecule has 0 aliphatic rings. The van der Waals surface area contributed by atoms with Gasteiger partial charge in [-0.25, -0.2) is 9.37 Å². The van der Waals surface area contributed by atoms with Crippen LogP contribution in [0.25, 0.3) is 10.2 Å². The molecule has 9 heteroatoms. The molecule has 1 N–H and O–H groups in total. The Morgan fingerprint density at radius 3 is 2.47 bits per heavy atom. The van der Waals surface area contributed by atoms with Gasteiger partial charge in [0.15, 0.2) is 5.13 Å². The SMILES string of the molecule is CCN(CC(=O)N(C)C)c1ccc(OC)c2nc(NC(=O)c3ccc(F)cc3)sc12. The maximum absolute atomic E-state index is 13.1. The molecular weight excluding hydrogens is 407 g/mol. The summed E-state index contributed by atoms with van der Waals surface area (Å²) in [6.07, 6.45) is 0. The molecule has 1 heterocycles. The first-order valence-electron chi connectivity index (χ1n) is 9.33. The van der Waals surface area contributed by atoms with Gasteiger partial charge in [0.05, 0.1) is 24.0 Å². The van der Waals surface area contributed by atoms with Crippen LogP contribution in [-0.4, -0.2) is 56.0 Å². The van der Waals surface area contributed by atoms with Crippen LogP contribution in [-0.2, 0) is 4.79 Å². The van der Waals surface area contributed by atoms with Crippen LogP contribution in [0.15, 0.2) is 36.4 Å². The summed E-state index contributed by atoms with van der Waals surface area (Å²) in [5.74, 6) is -0.241. The number of carbonyl (C=O) groups is 2. The Hall–Kier alpha value is -3.20. The van der Waals surface area contributed by atoms with Crippen LogP contribution in [0.5, 0.6) is 5.75 Å². The van der Waals surface area contributed by atoms with Gasteiger partial charge in [0.2, 0.25) is 5.91 Å². The van der Waals surface area contributed by atoms with Gasteiger partial charge in [-0.2, -0.15) is 0 Å². The van der Waals surface area contributed by atoms with E-state index in [2.05, 4.69) is 10.3 Å². The molecule has 2 aromatic carbocycles. The molecule has 7 nitrogen and oxygen atoms in total. The first-order valence-corrected chi connectivity index (χ1v) is 10.1. The third-order valence-electron chi connectivity index (χ3n) is 4.58. The molecule has 1 aromatic heterocycles. The topological polar surface area (TPSA) is 74.8 Å². The number of halogens is 1. The molecule has 0 bridgehead atoms. The number of nitrogens with one attached hydrogen (secondary N) is 1. The monoisotopic (exact) mass is 430 g/mol. The van der Waals surface area contributed by atoms with Crippen molar-refractivity contribution in [2.24, 2.45) is 0 Å². The zero-order valence-electron chi connectivity index (χ0n) is 17.2. The number of rotatable bonds is 7. The predicted molar refractivity (Wildman–Crippen MR) is 117 cm³/mol. The second-order valence-electron chi connectivity index (χ2n) is 6.75. The van der Waals surface area contributed by atoms with Crippen molar-refractivity contribution in [3.63, 3.8) is 0 Å². The van der Waals surface area contributed by atoms with E-state index in [1.807, 2.05) is 17.9 Å². The maximum Gasteiger partial charge on any atom is 0.257 e. The highest BCUT2D eigenvalue weighted by atomic mass is 32.1. The number of hydrogen-bond donors (Lipinski definition) is 1. The van der Waals surface area contributed by atoms with E-state index >= 15 is 0 Å². The molecule has 0 fully saturated rings. The Kier molecular flexibility index (Phi) is 6.51. The number of benzene rings is 2. The van der Waals surface area contributed by atoms with Crippen LogP contribution in [0.3, 0.4) is 0 Å². The number of likely N-dealkylation sites (N-methyl/N-ethyl adjacent to an activating group) is 2. The zero-order chi connectivity index (χ0) is 21.8. The lowest BCUT2D eigenvalue weighted by Crippen LogP contribution is -2.36. The van der Waals surface area contributed by atoms with Crippen LogP contribution in [0.4, 0.5) is 15.2 Å². The van der Waals surface area contributed by atoms with Gasteiger partial charge in [-0.15, -0.1) is 0 Å². The summed E-state index contributed by atoms with van der Waals surface area (Å²) < 4.78 is 19.3. The number of nitrogens with zero attached hydrogens (tertiary/aromatic N) is 3. The Bertz CT molecular complexity index is 1070. The number of aromatic nitrogens is 1. The molecule has 158 valence electrons. The van der Waals surface area contributed by atoms with Crippen LogP contribution < -0.4 is 15.0 Å². The quantitative estimate of drug-likeness (QED) is 0.620. The Morgan fingerprint density at radius 1 is 1.17 bits per heavy atom. The molecule has 3 aromatic rings. The van der Waals surface area contributed by atoms with Crippen LogP contribution >= 0.6 is 11.3 Å². The largest absolute Gasteiger partial charge is 0.494 e. The summed E-state index contributed by atoms with van der Waals surface area (Å²) in [5, 5.41) is 3.15. The average molecular weight is 431 g/mol. The predicted octanol–water partition coefficient (Wildman–Crippen LogP) is 3.61. The second-order valence-corrected chi connectivity index (χ2v) is 7.75. The molecule has 0 spiro atoms. The number of fused-ring (bicyclic) bond motifs is 1. The number of amides is 2. The van der Waals surface area contributed by atoms with Crippen molar-refractivity contribution in [3.05, 3.63) is 47.8 Å². The average Bonchev–Trinajstić information content (AvgIpc) is 3.15. The van der Waals surface area contributed by atoms with Crippen molar-refractivity contribution in [2.75, 3.05) is 44.5 Å². The van der Waals surface area contributed by atoms with E-state index in [-0.39, 0.29) is 18.4 Å². The highest BCUT2D eigenvalue weighted by molar-refractivity contribution is 7.23. The molecule has 0 aliphatic carbocycles. The minimum atomic E-state index is -0.409. The van der Waals surface area contributed by atoms with Crippen molar-refractivity contribution in [3.8, 4) is 5.75 Å². The standard InChI is InChI=1S/C21H23FN4O3S/c1-5-26(12-17(27)25(2)3)15-10-11-16(29-4)18-19(15)30-21(23-18)24-20(28)13-6-8-14(22)9-7-13/h6-11H,5,12H2,1-4H3,(H,23,24,28). The smallest absolute Gasteiger partial charge is 0.257 e. The zero-order valence-corrected chi connectivity index (χ0v) is 18.0. The number of thiazole rings is 1. The number of hydrogen-bond acceptors (Lipinski definition) is 6. The number of carbonyl (C=O) groups excluding carboxylic acids is 2. The van der Waals surface area contributed by atoms with Crippen molar-refractivity contribution < 1.29 is 18.7 Å². The minimum absolute atomic E-state index is 0.0184. The van der Waals surface area contributed by atoms with Crippen LogP contribution in [0.2, 0.25) is 0 Å². The lowest BCUT2D eigenvalue weighted by Gasteiger charge is -2.24. The van der Waals surface area contributed by atoms with Gasteiger partial charge in [0.25, 0.3) is 5.91 Å². The van der Waals surface area contributed by atoms with E-state index in [0.29, 0.717) is 28.5 Å². The summed E-state index contributed by atoms with van der Waals surface area (Å²) in [7, 11) is 4.99. The Balaban J connectivity index is 1.96. The summed E-state index contributed by atoms with van der Waals surface area (Å²) in [6.45, 7) is 2.81. The van der Waals surface area contributed by atoms with Gasteiger partial charge < -0.3 is 14.5 Å². The van der Waals surface area contributed by atoms with E-state index in [1.54, 1.807) is 32.2 Å². The molecular formula is C21H23FN4O3S. The molecule has 30 heavy (non-hydrogen) atoms. The van der Waals surface area contributed by atoms with E-state index in [4.69, 9.17) is 4.74 Å². The fourth-order valence-electron chi connectivity index (χ4n) is 2.88. The Labute approximate surface area is 178 Å². The van der Waals surface area contributed by atoms with Crippen molar-refractivity contribution >= 4 is 44.2 Å². The first kappa shape index (κ1) is 21.5. The third-order valence-corrected chi connectivity index (χ3v) is 5.57. The van der Waals surface area contributed by atoms with Gasteiger partial charge >= 0.3 is 0 Å². The van der Waals surface area contributed by atoms with Gasteiger partial charge in [0.1, 0.15) is 17.1 Å². The maximum atomic E-state index is 13.1. The highest BCUT2D eigenvalue weighted by Crippen LogP contribution is 2.39. The molecule has 3 rings (SSSR count). The molecule has 0 unspecified atom stereocenters. The normalized spacial score (nSPS) is 10.7. The minimum Gasteiger partial charge on any atom is -0.494 e. The van der Waals surface area contributed by atoms with Crippen LogP contribution in [0.1, 0.15) is 17.3 Å². The van der Waals surface area contributed by atoms with Crippen molar-refractivity contribution in [1.29, 1.82) is 0 Å². The molecule has 2 amide bonds. The summed E-state index contributed by atoms with van der Waals surface area (Å²) >= 11 is 1.30. The van der Waals surface area contributed by atoms with Crippen LogP contribution in [0, 0.1) is 5.82 Å². The molecule has 0 saturated carbocycles. The van der Waals surface area contributed by atoms with Gasteiger partial charge in [0, 0.05) is 26.2 Å². The Morgan fingerprint density at radius 2 is 1.87 bits per heavy atom. The molecule has 0 aliphatic heterocycles. The number of ether oxygens (including phenoxy) is 1. The van der Waals surface area contributed by atoms with E-state index < -0.39 is 5.82 Å². The number of anilines is 2. The summed E-state index contributed by atoms with van der Waals surface area (Å²) in [5.41, 5.74) is 1.77. The van der Waals surface area contributed by atoms with E-state index in [0.717, 1.165) is 10.4 Å². The van der Waals surface area contributed by atoms with Gasteiger partial charge in [-0.1, -0.05) is 11.3 Å². The van der Waals surface area contributed by atoms with E-state index in [1.165, 1.54) is 35.6 Å². The van der Waals surface area contributed by atoms with Crippen molar-refractivity contribution in [2.45, 2.75) is 6.92 Å². The first-order chi connectivity index (χ1) is 14.3. The molecule has 0 atom stereocenters. The fraction of sp³-hybridized carbons (Fsp3) is 0.286. The van der Waals surface area contributed by atoms with Gasteiger partial charge in [-0.3, -0.25) is 14.9 Å². The second kappa shape index (κ2) is 9.08. The van der Waals surface area contributed by atoms with Gasteiger partial charge in [-0.05, 0) is 43.3 Å². The molecule has 0 saturated heterocycles. The summed E-state index contributed by atoms with van der Waals surface area (Å²) in [6, 6.07) is 8.97. The van der Waals surface area contributed by atoms with E-state index in [9.17, 15) is 14.0 Å². The third kappa shape index (κ3) is 4.51. The lowest BCUT2D eigenvalue weighted by atomic mass is 10.2. The highest BCUT2D eigenvalue weighted by Gasteiger charge is 2.20. The summed E-state index contributed by atoms with van der Waals surface area (Å²) in [4.78, 5) is 32.8. The molecule has 0 radical (unpaired) electrons. The lowest BCUT2D eigenvalue weighted by molar-refractivity contribution is -0.127. The van der Waals surface area contributed by atoms with Crippen molar-refractivity contribution in [1.82, 2.24) is 9.88 Å².